The predicted molar refractivity (Wildman–Crippen MR) is 117 cm³/mol. The van der Waals surface area contributed by atoms with E-state index in [9.17, 15) is 14.7 Å². The maximum absolute atomic E-state index is 12.9. The van der Waals surface area contributed by atoms with E-state index in [4.69, 9.17) is 4.74 Å². The van der Waals surface area contributed by atoms with Gasteiger partial charge in [-0.15, -0.1) is 0 Å². The van der Waals surface area contributed by atoms with Crippen LogP contribution in [0, 0.1) is 0 Å². The highest BCUT2D eigenvalue weighted by Crippen LogP contribution is 2.44. The molecular formula is C26H23NO4. The molecule has 0 unspecified atom stereocenters. The lowest BCUT2D eigenvalue weighted by Crippen LogP contribution is -2.32. The molecule has 1 heterocycles. The first-order chi connectivity index (χ1) is 15.1. The van der Waals surface area contributed by atoms with Crippen molar-refractivity contribution in [2.45, 2.75) is 25.3 Å². The van der Waals surface area contributed by atoms with Gasteiger partial charge in [0.05, 0.1) is 5.56 Å². The number of ether oxygens (including phenoxy) is 1. The molecule has 5 heteroatoms. The Hall–Kier alpha value is -3.60. The van der Waals surface area contributed by atoms with Crippen LogP contribution < -0.4 is 0 Å². The Labute approximate surface area is 180 Å². The van der Waals surface area contributed by atoms with E-state index in [0.717, 1.165) is 24.0 Å². The van der Waals surface area contributed by atoms with E-state index in [1.165, 1.54) is 22.3 Å². The molecule has 5 rings (SSSR count). The molecule has 0 spiro atoms. The van der Waals surface area contributed by atoms with Crippen molar-refractivity contribution in [3.05, 3.63) is 94.5 Å². The third kappa shape index (κ3) is 3.56. The van der Waals surface area contributed by atoms with Gasteiger partial charge in [-0.05, 0) is 58.4 Å². The van der Waals surface area contributed by atoms with E-state index < -0.39 is 5.97 Å². The standard InChI is InChI=1S/C26H23NO4/c28-25(29)18-11-12-19-15-27(13-5-6-17(19)14-18)26(30)31-16-24-22-9-3-1-7-20(22)21-8-2-4-10-23(21)24/h1-4,7-12,14,24H,5-6,13,15-16H2,(H,28,29). The summed E-state index contributed by atoms with van der Waals surface area (Å²) in [5.74, 6) is -0.894. The number of hydrogen-bond donors (Lipinski definition) is 1. The number of nitrogens with zero attached hydrogens (tertiary/aromatic N) is 1. The van der Waals surface area contributed by atoms with Gasteiger partial charge in [0, 0.05) is 19.0 Å². The molecule has 0 atom stereocenters. The summed E-state index contributed by atoms with van der Waals surface area (Å²) >= 11 is 0. The lowest BCUT2D eigenvalue weighted by atomic mass is 9.98. The van der Waals surface area contributed by atoms with Crippen LogP contribution in [0.15, 0.2) is 66.7 Å². The van der Waals surface area contributed by atoms with Crippen LogP contribution in [0.4, 0.5) is 4.79 Å². The topological polar surface area (TPSA) is 66.8 Å². The molecule has 3 aromatic carbocycles. The van der Waals surface area contributed by atoms with Crippen molar-refractivity contribution in [2.24, 2.45) is 0 Å². The monoisotopic (exact) mass is 413 g/mol. The molecule has 0 aromatic heterocycles. The lowest BCUT2D eigenvalue weighted by molar-refractivity contribution is 0.0696. The van der Waals surface area contributed by atoms with E-state index in [0.29, 0.717) is 19.7 Å². The number of carbonyl (C=O) groups is 2. The van der Waals surface area contributed by atoms with Crippen LogP contribution in [-0.4, -0.2) is 35.2 Å². The van der Waals surface area contributed by atoms with E-state index in [1.807, 2.05) is 30.3 Å². The van der Waals surface area contributed by atoms with E-state index in [1.54, 1.807) is 17.0 Å². The van der Waals surface area contributed by atoms with Crippen molar-refractivity contribution in [1.82, 2.24) is 4.90 Å². The number of aryl methyl sites for hydroxylation is 1. The number of amides is 1. The van der Waals surface area contributed by atoms with Gasteiger partial charge in [0.25, 0.3) is 0 Å². The summed E-state index contributed by atoms with van der Waals surface area (Å²) in [6.45, 7) is 1.33. The minimum Gasteiger partial charge on any atom is -0.478 e. The molecular weight excluding hydrogens is 390 g/mol. The SMILES string of the molecule is O=C(O)c1ccc2c(c1)CCCN(C(=O)OCC1c3ccccc3-c3ccccc31)C2. The summed E-state index contributed by atoms with van der Waals surface area (Å²) < 4.78 is 5.80. The summed E-state index contributed by atoms with van der Waals surface area (Å²) in [6.07, 6.45) is 1.21. The predicted octanol–water partition coefficient (Wildman–Crippen LogP) is 5.08. The first-order valence-electron chi connectivity index (χ1n) is 10.6. The average molecular weight is 413 g/mol. The van der Waals surface area contributed by atoms with Crippen molar-refractivity contribution >= 4 is 12.1 Å². The van der Waals surface area contributed by atoms with Crippen molar-refractivity contribution in [1.29, 1.82) is 0 Å². The second-order valence-electron chi connectivity index (χ2n) is 8.12. The zero-order valence-electron chi connectivity index (χ0n) is 17.1. The fourth-order valence-corrected chi connectivity index (χ4v) is 4.73. The Bertz CT molecular complexity index is 1120. The second kappa shape index (κ2) is 7.91. The first-order valence-corrected chi connectivity index (χ1v) is 10.6. The molecule has 0 saturated heterocycles. The maximum atomic E-state index is 12.9. The van der Waals surface area contributed by atoms with Crippen LogP contribution in [0.5, 0.6) is 0 Å². The number of fused-ring (bicyclic) bond motifs is 4. The van der Waals surface area contributed by atoms with Gasteiger partial charge in [0.15, 0.2) is 0 Å². The summed E-state index contributed by atoms with van der Waals surface area (Å²) in [5, 5.41) is 9.23. The fourth-order valence-electron chi connectivity index (χ4n) is 4.73. The second-order valence-corrected chi connectivity index (χ2v) is 8.12. The van der Waals surface area contributed by atoms with Gasteiger partial charge in [-0.3, -0.25) is 0 Å². The van der Waals surface area contributed by atoms with Crippen molar-refractivity contribution in [3.8, 4) is 11.1 Å². The van der Waals surface area contributed by atoms with E-state index >= 15 is 0 Å². The van der Waals surface area contributed by atoms with Gasteiger partial charge in [0.1, 0.15) is 6.61 Å². The minimum absolute atomic E-state index is 0.0359. The molecule has 156 valence electrons. The molecule has 1 amide bonds. The number of hydrogen-bond acceptors (Lipinski definition) is 3. The third-order valence-electron chi connectivity index (χ3n) is 6.28. The molecule has 31 heavy (non-hydrogen) atoms. The highest BCUT2D eigenvalue weighted by Gasteiger charge is 2.30. The molecule has 5 nitrogen and oxygen atoms in total. The van der Waals surface area contributed by atoms with Crippen LogP contribution in [-0.2, 0) is 17.7 Å². The number of aromatic carboxylic acids is 1. The van der Waals surface area contributed by atoms with Crippen LogP contribution in [0.2, 0.25) is 0 Å². The van der Waals surface area contributed by atoms with Gasteiger partial charge < -0.3 is 14.7 Å². The molecule has 0 radical (unpaired) electrons. The van der Waals surface area contributed by atoms with Gasteiger partial charge in [-0.1, -0.05) is 54.6 Å². The molecule has 1 aliphatic carbocycles. The number of carbonyl (C=O) groups excluding carboxylic acids is 1. The highest BCUT2D eigenvalue weighted by atomic mass is 16.6. The van der Waals surface area contributed by atoms with Gasteiger partial charge in [-0.2, -0.15) is 0 Å². The summed E-state index contributed by atoms with van der Waals surface area (Å²) in [4.78, 5) is 25.9. The third-order valence-corrected chi connectivity index (χ3v) is 6.28. The Morgan fingerprint density at radius 2 is 1.61 bits per heavy atom. The van der Waals surface area contributed by atoms with Crippen LogP contribution in [0.1, 0.15) is 45.0 Å². The minimum atomic E-state index is -0.930. The number of carboxylic acid groups (broad SMARTS) is 1. The average Bonchev–Trinajstić information content (AvgIpc) is 2.95. The van der Waals surface area contributed by atoms with Crippen LogP contribution in [0.3, 0.4) is 0 Å². The summed E-state index contributed by atoms with van der Waals surface area (Å²) in [5.41, 5.74) is 7.06. The summed E-state index contributed by atoms with van der Waals surface area (Å²) in [7, 11) is 0. The quantitative estimate of drug-likeness (QED) is 0.650. The molecule has 1 aliphatic heterocycles. The molecule has 1 N–H and O–H groups in total. The highest BCUT2D eigenvalue weighted by molar-refractivity contribution is 5.88. The molecule has 2 aliphatic rings. The Morgan fingerprint density at radius 3 is 2.29 bits per heavy atom. The van der Waals surface area contributed by atoms with E-state index in [-0.39, 0.29) is 17.6 Å². The van der Waals surface area contributed by atoms with E-state index in [2.05, 4.69) is 24.3 Å². The number of rotatable bonds is 3. The zero-order valence-corrected chi connectivity index (χ0v) is 17.1. The summed E-state index contributed by atoms with van der Waals surface area (Å²) in [6, 6.07) is 21.7. The van der Waals surface area contributed by atoms with Crippen molar-refractivity contribution in [2.75, 3.05) is 13.2 Å². The zero-order chi connectivity index (χ0) is 21.4. The Kier molecular flexibility index (Phi) is 4.94. The van der Waals surface area contributed by atoms with Crippen molar-refractivity contribution < 1.29 is 19.4 Å². The first kappa shape index (κ1) is 19.4. The van der Waals surface area contributed by atoms with Gasteiger partial charge in [0.2, 0.25) is 0 Å². The largest absolute Gasteiger partial charge is 0.478 e. The van der Waals surface area contributed by atoms with Crippen molar-refractivity contribution in [3.63, 3.8) is 0 Å². The maximum Gasteiger partial charge on any atom is 0.410 e. The molecule has 0 saturated carbocycles. The Balaban J connectivity index is 1.32. The fraction of sp³-hybridized carbons (Fsp3) is 0.231. The van der Waals surface area contributed by atoms with Gasteiger partial charge in [-0.25, -0.2) is 9.59 Å². The van der Waals surface area contributed by atoms with Crippen LogP contribution in [0.25, 0.3) is 11.1 Å². The smallest absolute Gasteiger partial charge is 0.410 e. The normalized spacial score (nSPS) is 14.9. The molecule has 0 bridgehead atoms. The lowest BCUT2D eigenvalue weighted by Gasteiger charge is -2.22. The van der Waals surface area contributed by atoms with Gasteiger partial charge >= 0.3 is 12.1 Å². The van der Waals surface area contributed by atoms with Crippen LogP contribution >= 0.6 is 0 Å². The number of benzene rings is 3. The number of carboxylic acids is 1. The molecule has 3 aromatic rings. The molecule has 0 fully saturated rings. The Morgan fingerprint density at radius 1 is 0.935 bits per heavy atom.